The number of ether oxygens (including phenoxy) is 1. The van der Waals surface area contributed by atoms with E-state index in [0.717, 1.165) is 19.3 Å². The molecule has 1 saturated carbocycles. The van der Waals surface area contributed by atoms with Crippen LogP contribution in [0.5, 0.6) is 0 Å². The number of nitrogens with two attached hydrogens (primary N) is 1. The average Bonchev–Trinajstić information content (AvgIpc) is 2.22. The van der Waals surface area contributed by atoms with E-state index in [0.29, 0.717) is 13.0 Å². The minimum absolute atomic E-state index is 0.0279. The summed E-state index contributed by atoms with van der Waals surface area (Å²) >= 11 is 0. The Morgan fingerprint density at radius 1 is 1.50 bits per heavy atom. The maximum atomic E-state index is 11.7. The molecule has 5 heteroatoms. The smallest absolute Gasteiger partial charge is 0.328 e. The van der Waals surface area contributed by atoms with E-state index in [9.17, 15) is 9.59 Å². The van der Waals surface area contributed by atoms with Crippen LogP contribution in [-0.2, 0) is 14.3 Å². The van der Waals surface area contributed by atoms with Gasteiger partial charge in [-0.1, -0.05) is 6.42 Å². The van der Waals surface area contributed by atoms with Gasteiger partial charge >= 0.3 is 5.97 Å². The highest BCUT2D eigenvalue weighted by Gasteiger charge is 2.37. The van der Waals surface area contributed by atoms with Crippen molar-refractivity contribution < 1.29 is 14.3 Å². The first-order valence-electron chi connectivity index (χ1n) is 5.60. The number of hydrogen-bond donors (Lipinski definition) is 2. The number of amides is 1. The summed E-state index contributed by atoms with van der Waals surface area (Å²) in [6, 6.07) is -0.590. The van der Waals surface area contributed by atoms with Crippen molar-refractivity contribution in [2.24, 2.45) is 11.1 Å². The zero-order valence-corrected chi connectivity index (χ0v) is 9.91. The maximum Gasteiger partial charge on any atom is 0.328 e. The Kier molecular flexibility index (Phi) is 4.29. The molecular formula is C11H20N2O3. The molecule has 1 atom stereocenters. The van der Waals surface area contributed by atoms with Crippen molar-refractivity contribution in [1.29, 1.82) is 0 Å². The highest BCUT2D eigenvalue weighted by molar-refractivity contribution is 5.84. The van der Waals surface area contributed by atoms with Gasteiger partial charge < -0.3 is 15.8 Å². The second kappa shape index (κ2) is 5.30. The van der Waals surface area contributed by atoms with Crippen molar-refractivity contribution >= 4 is 11.9 Å². The summed E-state index contributed by atoms with van der Waals surface area (Å²) in [5.41, 5.74) is 5.63. The van der Waals surface area contributed by atoms with E-state index in [1.165, 1.54) is 7.11 Å². The Morgan fingerprint density at radius 3 is 2.50 bits per heavy atom. The summed E-state index contributed by atoms with van der Waals surface area (Å²) in [4.78, 5) is 22.8. The van der Waals surface area contributed by atoms with Crippen LogP contribution in [0.25, 0.3) is 0 Å². The maximum absolute atomic E-state index is 11.7. The number of nitrogens with one attached hydrogen (secondary N) is 1. The summed E-state index contributed by atoms with van der Waals surface area (Å²) in [6.07, 6.45) is 3.55. The van der Waals surface area contributed by atoms with Gasteiger partial charge in [0, 0.05) is 6.42 Å². The van der Waals surface area contributed by atoms with Gasteiger partial charge in [0.15, 0.2) is 0 Å². The number of esters is 1. The first-order valence-corrected chi connectivity index (χ1v) is 5.60. The van der Waals surface area contributed by atoms with Crippen molar-refractivity contribution in [2.45, 2.75) is 38.6 Å². The predicted molar refractivity (Wildman–Crippen MR) is 59.6 cm³/mol. The van der Waals surface area contributed by atoms with Crippen molar-refractivity contribution in [1.82, 2.24) is 5.32 Å². The van der Waals surface area contributed by atoms with Crippen LogP contribution in [0.3, 0.4) is 0 Å². The van der Waals surface area contributed by atoms with Crippen LogP contribution in [0.4, 0.5) is 0 Å². The van der Waals surface area contributed by atoms with Crippen LogP contribution in [-0.4, -0.2) is 31.6 Å². The molecule has 0 bridgehead atoms. The average molecular weight is 228 g/mol. The molecule has 16 heavy (non-hydrogen) atoms. The van der Waals surface area contributed by atoms with E-state index >= 15 is 0 Å². The molecule has 0 saturated heterocycles. The molecule has 0 heterocycles. The van der Waals surface area contributed by atoms with E-state index in [-0.39, 0.29) is 11.3 Å². The molecule has 1 aliphatic carbocycles. The topological polar surface area (TPSA) is 81.4 Å². The molecule has 1 aliphatic rings. The summed E-state index contributed by atoms with van der Waals surface area (Å²) in [5.74, 6) is -0.549. The van der Waals surface area contributed by atoms with Crippen molar-refractivity contribution in [2.75, 3.05) is 13.7 Å². The minimum Gasteiger partial charge on any atom is -0.467 e. The van der Waals surface area contributed by atoms with Gasteiger partial charge in [-0.15, -0.1) is 0 Å². The van der Waals surface area contributed by atoms with Crippen LogP contribution in [0, 0.1) is 5.41 Å². The molecule has 1 rings (SSSR count). The lowest BCUT2D eigenvalue weighted by atomic mass is 9.66. The third kappa shape index (κ3) is 2.95. The lowest BCUT2D eigenvalue weighted by molar-refractivity contribution is -0.145. The largest absolute Gasteiger partial charge is 0.467 e. The van der Waals surface area contributed by atoms with E-state index in [1.807, 2.05) is 0 Å². The molecule has 0 aromatic carbocycles. The zero-order chi connectivity index (χ0) is 12.2. The number of carbonyl (C=O) groups is 2. The molecule has 0 spiro atoms. The summed E-state index contributed by atoms with van der Waals surface area (Å²) in [7, 11) is 1.30. The monoisotopic (exact) mass is 228 g/mol. The Morgan fingerprint density at radius 2 is 2.12 bits per heavy atom. The van der Waals surface area contributed by atoms with Gasteiger partial charge in [0.2, 0.25) is 5.91 Å². The quantitative estimate of drug-likeness (QED) is 0.658. The van der Waals surface area contributed by atoms with Crippen LogP contribution >= 0.6 is 0 Å². The van der Waals surface area contributed by atoms with Crippen molar-refractivity contribution in [3.05, 3.63) is 0 Å². The Bertz CT molecular complexity index is 269. The number of rotatable bonds is 5. The zero-order valence-electron chi connectivity index (χ0n) is 9.91. The van der Waals surface area contributed by atoms with E-state index in [2.05, 4.69) is 10.1 Å². The lowest BCUT2D eigenvalue weighted by Gasteiger charge is -2.40. The fourth-order valence-electron chi connectivity index (χ4n) is 2.00. The predicted octanol–water partition coefficient (Wildman–Crippen LogP) is 0.183. The minimum atomic E-state index is -0.590. The van der Waals surface area contributed by atoms with E-state index < -0.39 is 12.0 Å². The Hall–Kier alpha value is -1.10. The highest BCUT2D eigenvalue weighted by atomic mass is 16.5. The molecule has 92 valence electrons. The van der Waals surface area contributed by atoms with Crippen LogP contribution in [0.15, 0.2) is 0 Å². The SMILES string of the molecule is COC(=O)[C@H](C)NC(=O)CC1(CN)CCC1. The first-order chi connectivity index (χ1) is 7.53. The first kappa shape index (κ1) is 13.0. The molecule has 0 aliphatic heterocycles. The molecule has 0 unspecified atom stereocenters. The second-order valence-corrected chi connectivity index (χ2v) is 4.55. The van der Waals surface area contributed by atoms with Crippen molar-refractivity contribution in [3.63, 3.8) is 0 Å². The lowest BCUT2D eigenvalue weighted by Crippen LogP contribution is -2.45. The molecule has 0 aromatic heterocycles. The fourth-order valence-corrected chi connectivity index (χ4v) is 2.00. The molecule has 3 N–H and O–H groups in total. The van der Waals surface area contributed by atoms with Gasteiger partial charge in [-0.05, 0) is 31.7 Å². The fraction of sp³-hybridized carbons (Fsp3) is 0.818. The molecule has 0 aromatic rings. The summed E-state index contributed by atoms with van der Waals surface area (Å²) < 4.78 is 4.53. The van der Waals surface area contributed by atoms with E-state index in [4.69, 9.17) is 5.73 Å². The van der Waals surface area contributed by atoms with E-state index in [1.54, 1.807) is 6.92 Å². The van der Waals surface area contributed by atoms with Gasteiger partial charge in [-0.25, -0.2) is 4.79 Å². The standard InChI is InChI=1S/C11H20N2O3/c1-8(10(15)16-2)13-9(14)6-11(7-12)4-3-5-11/h8H,3-7,12H2,1-2H3,(H,13,14)/t8-/m0/s1. The van der Waals surface area contributed by atoms with Gasteiger partial charge in [-0.3, -0.25) is 4.79 Å². The summed E-state index contributed by atoms with van der Waals surface area (Å²) in [6.45, 7) is 2.15. The van der Waals surface area contributed by atoms with Crippen molar-refractivity contribution in [3.8, 4) is 0 Å². The number of carbonyl (C=O) groups excluding carboxylic acids is 2. The molecular weight excluding hydrogens is 208 g/mol. The third-order valence-electron chi connectivity index (χ3n) is 3.32. The number of methoxy groups -OCH3 is 1. The summed E-state index contributed by atoms with van der Waals surface area (Å²) in [5, 5.41) is 2.62. The molecule has 1 fully saturated rings. The van der Waals surface area contributed by atoms with Gasteiger partial charge in [0.25, 0.3) is 0 Å². The van der Waals surface area contributed by atoms with Gasteiger partial charge in [-0.2, -0.15) is 0 Å². The van der Waals surface area contributed by atoms with Crippen LogP contribution in [0.2, 0.25) is 0 Å². The molecule has 0 radical (unpaired) electrons. The second-order valence-electron chi connectivity index (χ2n) is 4.55. The van der Waals surface area contributed by atoms with Gasteiger partial charge in [0.1, 0.15) is 6.04 Å². The normalized spacial score (nSPS) is 19.4. The van der Waals surface area contributed by atoms with Crippen LogP contribution < -0.4 is 11.1 Å². The molecule has 1 amide bonds. The Labute approximate surface area is 95.7 Å². The molecule has 5 nitrogen and oxygen atoms in total. The van der Waals surface area contributed by atoms with Crippen LogP contribution in [0.1, 0.15) is 32.6 Å². The highest BCUT2D eigenvalue weighted by Crippen LogP contribution is 2.42. The third-order valence-corrected chi connectivity index (χ3v) is 3.32. The van der Waals surface area contributed by atoms with Gasteiger partial charge in [0.05, 0.1) is 7.11 Å². The Balaban J connectivity index is 2.38. The number of hydrogen-bond acceptors (Lipinski definition) is 4.